The number of aliphatic hydroxyl groups excluding tert-OH is 1. The smallest absolute Gasteiger partial charge is 0.248 e. The number of hydrogen-bond donors (Lipinski definition) is 2. The highest BCUT2D eigenvalue weighted by molar-refractivity contribution is 5.80. The number of rotatable bonds is 3. The van der Waals surface area contributed by atoms with Crippen LogP contribution in [-0.4, -0.2) is 23.2 Å². The normalized spacial score (nSPS) is 31.2. The Hall–Kier alpha value is -0.570. The summed E-state index contributed by atoms with van der Waals surface area (Å²) in [6.07, 6.45) is 1.33. The number of nitrogens with one attached hydrogen (secondary N) is 1. The highest BCUT2D eigenvalue weighted by Crippen LogP contribution is 2.32. The Kier molecular flexibility index (Phi) is 2.49. The van der Waals surface area contributed by atoms with E-state index in [1.165, 1.54) is 6.92 Å². The average Bonchev–Trinajstić information content (AvgIpc) is 2.67. The molecule has 1 rings (SSSR count). The van der Waals surface area contributed by atoms with Crippen molar-refractivity contribution in [3.05, 3.63) is 0 Å². The fraction of sp³-hybridized carbons (Fsp3) is 0.875. The Morgan fingerprint density at radius 2 is 2.45 bits per heavy atom. The maximum absolute atomic E-state index is 10.9. The summed E-state index contributed by atoms with van der Waals surface area (Å²) in [4.78, 5) is 10.9. The fourth-order valence-corrected chi connectivity index (χ4v) is 1.18. The molecule has 1 amide bonds. The van der Waals surface area contributed by atoms with Gasteiger partial charge in [0.05, 0.1) is 0 Å². The van der Waals surface area contributed by atoms with Gasteiger partial charge in [-0.25, -0.2) is 0 Å². The van der Waals surface area contributed by atoms with Crippen molar-refractivity contribution >= 4 is 5.91 Å². The molecule has 1 fully saturated rings. The lowest BCUT2D eigenvalue weighted by molar-refractivity contribution is -0.128. The zero-order valence-electron chi connectivity index (χ0n) is 7.00. The topological polar surface area (TPSA) is 49.3 Å². The van der Waals surface area contributed by atoms with Crippen molar-refractivity contribution in [2.24, 2.45) is 5.92 Å². The molecule has 3 nitrogen and oxygen atoms in total. The molecule has 0 aromatic carbocycles. The Labute approximate surface area is 66.8 Å². The quantitative estimate of drug-likeness (QED) is 0.618. The summed E-state index contributed by atoms with van der Waals surface area (Å²) in [5.41, 5.74) is 0. The number of carbonyl (C=O) groups is 1. The molecule has 1 saturated carbocycles. The van der Waals surface area contributed by atoms with Gasteiger partial charge in [0.15, 0.2) is 0 Å². The van der Waals surface area contributed by atoms with E-state index in [2.05, 4.69) is 12.2 Å². The van der Waals surface area contributed by atoms with Crippen LogP contribution in [0.2, 0.25) is 0 Å². The molecular formula is C8H15NO2. The maximum atomic E-state index is 10.9. The zero-order valence-corrected chi connectivity index (χ0v) is 7.00. The number of carbonyl (C=O) groups excluding carboxylic acids is 1. The molecule has 1 aliphatic rings. The Balaban J connectivity index is 2.18. The van der Waals surface area contributed by atoms with Crippen LogP contribution in [0.5, 0.6) is 0 Å². The largest absolute Gasteiger partial charge is 0.384 e. The van der Waals surface area contributed by atoms with E-state index in [4.69, 9.17) is 5.11 Å². The van der Waals surface area contributed by atoms with Crippen molar-refractivity contribution in [2.45, 2.75) is 38.8 Å². The van der Waals surface area contributed by atoms with Crippen molar-refractivity contribution < 1.29 is 9.90 Å². The van der Waals surface area contributed by atoms with Crippen LogP contribution in [0.1, 0.15) is 26.7 Å². The third kappa shape index (κ3) is 2.19. The zero-order chi connectivity index (χ0) is 8.43. The standard InChI is InChI=1S/C8H15NO2/c1-3-6-4-7(6)9-8(11)5(2)10/h5-7,10H,3-4H2,1-2H3,(H,9,11)/t5-,6?,7?/m0/s1. The SMILES string of the molecule is CCC1CC1NC(=O)[C@H](C)O. The van der Waals surface area contributed by atoms with E-state index in [-0.39, 0.29) is 5.91 Å². The second-order valence-corrected chi connectivity index (χ2v) is 3.20. The number of amides is 1. The molecule has 0 aromatic heterocycles. The molecule has 0 saturated heterocycles. The summed E-state index contributed by atoms with van der Waals surface area (Å²) in [5, 5.41) is 11.6. The van der Waals surface area contributed by atoms with Crippen LogP contribution in [-0.2, 0) is 4.79 Å². The van der Waals surface area contributed by atoms with Crippen molar-refractivity contribution in [1.29, 1.82) is 0 Å². The highest BCUT2D eigenvalue weighted by atomic mass is 16.3. The minimum absolute atomic E-state index is 0.244. The molecule has 2 unspecified atom stereocenters. The van der Waals surface area contributed by atoms with Crippen molar-refractivity contribution in [3.8, 4) is 0 Å². The molecule has 0 heterocycles. The van der Waals surface area contributed by atoms with Crippen LogP contribution >= 0.6 is 0 Å². The van der Waals surface area contributed by atoms with E-state index in [0.717, 1.165) is 12.8 Å². The first-order valence-electron chi connectivity index (χ1n) is 4.13. The molecule has 1 aliphatic carbocycles. The van der Waals surface area contributed by atoms with Gasteiger partial charge in [0.25, 0.3) is 0 Å². The first-order chi connectivity index (χ1) is 5.15. The molecule has 11 heavy (non-hydrogen) atoms. The minimum Gasteiger partial charge on any atom is -0.384 e. The first-order valence-corrected chi connectivity index (χ1v) is 4.13. The second kappa shape index (κ2) is 3.22. The van der Waals surface area contributed by atoms with E-state index < -0.39 is 6.10 Å². The van der Waals surface area contributed by atoms with E-state index in [0.29, 0.717) is 12.0 Å². The molecule has 3 heteroatoms. The van der Waals surface area contributed by atoms with E-state index in [1.54, 1.807) is 0 Å². The van der Waals surface area contributed by atoms with Crippen molar-refractivity contribution in [1.82, 2.24) is 5.32 Å². The molecule has 2 N–H and O–H groups in total. The molecule has 3 atom stereocenters. The predicted octanol–water partition coefficient (Wildman–Crippen LogP) is 0.282. The molecule has 0 bridgehead atoms. The van der Waals surface area contributed by atoms with E-state index >= 15 is 0 Å². The Morgan fingerprint density at radius 1 is 1.82 bits per heavy atom. The van der Waals surface area contributed by atoms with Crippen LogP contribution in [0, 0.1) is 5.92 Å². The van der Waals surface area contributed by atoms with Gasteiger partial charge in [-0.1, -0.05) is 13.3 Å². The molecule has 0 spiro atoms. The molecule has 0 aromatic rings. The highest BCUT2D eigenvalue weighted by Gasteiger charge is 2.36. The van der Waals surface area contributed by atoms with Gasteiger partial charge >= 0.3 is 0 Å². The third-order valence-corrected chi connectivity index (χ3v) is 2.15. The van der Waals surface area contributed by atoms with E-state index in [1.807, 2.05) is 0 Å². The number of aliphatic hydroxyl groups is 1. The van der Waals surface area contributed by atoms with Gasteiger partial charge in [0.2, 0.25) is 5.91 Å². The van der Waals surface area contributed by atoms with Gasteiger partial charge in [-0.3, -0.25) is 4.79 Å². The second-order valence-electron chi connectivity index (χ2n) is 3.20. The van der Waals surface area contributed by atoms with Gasteiger partial charge in [-0.15, -0.1) is 0 Å². The lowest BCUT2D eigenvalue weighted by Gasteiger charge is -2.05. The summed E-state index contributed by atoms with van der Waals surface area (Å²) in [5.74, 6) is 0.406. The van der Waals surface area contributed by atoms with Gasteiger partial charge in [-0.2, -0.15) is 0 Å². The van der Waals surface area contributed by atoms with Crippen molar-refractivity contribution in [3.63, 3.8) is 0 Å². The van der Waals surface area contributed by atoms with Gasteiger partial charge < -0.3 is 10.4 Å². The minimum atomic E-state index is -0.867. The molecule has 0 aliphatic heterocycles. The fourth-order valence-electron chi connectivity index (χ4n) is 1.18. The third-order valence-electron chi connectivity index (χ3n) is 2.15. The van der Waals surface area contributed by atoms with Gasteiger partial charge in [0.1, 0.15) is 6.10 Å². The average molecular weight is 157 g/mol. The van der Waals surface area contributed by atoms with Crippen LogP contribution in [0.4, 0.5) is 0 Å². The number of hydrogen-bond acceptors (Lipinski definition) is 2. The Morgan fingerprint density at radius 3 is 2.82 bits per heavy atom. The summed E-state index contributed by atoms with van der Waals surface area (Å²) in [6, 6.07) is 0.335. The monoisotopic (exact) mass is 157 g/mol. The lowest BCUT2D eigenvalue weighted by Crippen LogP contribution is -2.34. The molecule has 64 valence electrons. The lowest BCUT2D eigenvalue weighted by atomic mass is 10.3. The summed E-state index contributed by atoms with van der Waals surface area (Å²) >= 11 is 0. The van der Waals surface area contributed by atoms with Crippen LogP contribution in [0.3, 0.4) is 0 Å². The van der Waals surface area contributed by atoms with Crippen LogP contribution in [0.15, 0.2) is 0 Å². The first kappa shape index (κ1) is 8.53. The van der Waals surface area contributed by atoms with Gasteiger partial charge in [-0.05, 0) is 19.3 Å². The summed E-state index contributed by atoms with van der Waals surface area (Å²) in [7, 11) is 0. The molecule has 0 radical (unpaired) electrons. The van der Waals surface area contributed by atoms with Crippen LogP contribution in [0.25, 0.3) is 0 Å². The maximum Gasteiger partial charge on any atom is 0.248 e. The van der Waals surface area contributed by atoms with Crippen molar-refractivity contribution in [2.75, 3.05) is 0 Å². The summed E-state index contributed by atoms with van der Waals surface area (Å²) in [6.45, 7) is 3.60. The molecular weight excluding hydrogens is 142 g/mol. The predicted molar refractivity (Wildman–Crippen MR) is 42.0 cm³/mol. The summed E-state index contributed by atoms with van der Waals surface area (Å²) < 4.78 is 0. The van der Waals surface area contributed by atoms with E-state index in [9.17, 15) is 4.79 Å². The van der Waals surface area contributed by atoms with Gasteiger partial charge in [0, 0.05) is 6.04 Å². The Bertz CT molecular complexity index is 156. The van der Waals surface area contributed by atoms with Crippen LogP contribution < -0.4 is 5.32 Å².